The van der Waals surface area contributed by atoms with Gasteiger partial charge < -0.3 is 15.0 Å². The first-order chi connectivity index (χ1) is 9.13. The average molecular weight is 261 g/mol. The third-order valence-corrected chi connectivity index (χ3v) is 5.44. The van der Waals surface area contributed by atoms with Gasteiger partial charge in [-0.1, -0.05) is 0 Å². The highest BCUT2D eigenvalue weighted by Gasteiger charge is 2.48. The second-order valence-corrected chi connectivity index (χ2v) is 6.39. The highest BCUT2D eigenvalue weighted by molar-refractivity contribution is 5.50. The highest BCUT2D eigenvalue weighted by Crippen LogP contribution is 2.43. The molecule has 2 bridgehead atoms. The molecule has 0 aromatic heterocycles. The predicted molar refractivity (Wildman–Crippen MR) is 78.0 cm³/mol. The Hall–Kier alpha value is -1.22. The van der Waals surface area contributed by atoms with Gasteiger partial charge in [-0.15, -0.1) is 0 Å². The standard InChI is InChI=1S/C16H25N2O/c1-18(13-4-3-5-14(18)7-6-13)11-12-10-15(19-2)8-9-16(12)17/h8-10,13-14H,3-7,11,17H2,1-2H3/q+1. The van der Waals surface area contributed by atoms with E-state index in [0.717, 1.165) is 30.1 Å². The molecule has 2 saturated heterocycles. The summed E-state index contributed by atoms with van der Waals surface area (Å²) in [4.78, 5) is 0. The zero-order valence-electron chi connectivity index (χ0n) is 12.1. The van der Waals surface area contributed by atoms with Gasteiger partial charge in [0, 0.05) is 24.1 Å². The van der Waals surface area contributed by atoms with Crippen LogP contribution in [0.2, 0.25) is 0 Å². The smallest absolute Gasteiger partial charge is 0.119 e. The lowest BCUT2D eigenvalue weighted by molar-refractivity contribution is -0.960. The summed E-state index contributed by atoms with van der Waals surface area (Å²) in [5.41, 5.74) is 8.32. The van der Waals surface area contributed by atoms with Gasteiger partial charge >= 0.3 is 0 Å². The van der Waals surface area contributed by atoms with Crippen LogP contribution in [0, 0.1) is 0 Å². The lowest BCUT2D eigenvalue weighted by Gasteiger charge is -2.45. The molecule has 1 aromatic rings. The van der Waals surface area contributed by atoms with Gasteiger partial charge in [-0.25, -0.2) is 0 Å². The Balaban J connectivity index is 1.88. The van der Waals surface area contributed by atoms with E-state index >= 15 is 0 Å². The number of hydrogen-bond donors (Lipinski definition) is 1. The Kier molecular flexibility index (Phi) is 3.17. The van der Waals surface area contributed by atoms with Gasteiger partial charge in [0.1, 0.15) is 12.3 Å². The Morgan fingerprint density at radius 2 is 1.89 bits per heavy atom. The van der Waals surface area contributed by atoms with Crippen molar-refractivity contribution in [2.45, 2.75) is 50.7 Å². The van der Waals surface area contributed by atoms with Crippen molar-refractivity contribution in [2.24, 2.45) is 0 Å². The van der Waals surface area contributed by atoms with Crippen LogP contribution in [0.15, 0.2) is 18.2 Å². The largest absolute Gasteiger partial charge is 0.497 e. The SMILES string of the molecule is COc1ccc(N)c(C[N+]2(C)C3CCCC2CC3)c1. The molecule has 2 heterocycles. The van der Waals surface area contributed by atoms with Gasteiger partial charge in [-0.3, -0.25) is 0 Å². The second kappa shape index (κ2) is 4.71. The molecule has 2 aliphatic heterocycles. The van der Waals surface area contributed by atoms with Gasteiger partial charge in [0.2, 0.25) is 0 Å². The maximum absolute atomic E-state index is 6.17. The number of nitrogens with two attached hydrogens (primary N) is 1. The Morgan fingerprint density at radius 1 is 1.21 bits per heavy atom. The number of rotatable bonds is 3. The van der Waals surface area contributed by atoms with Crippen LogP contribution in [0.1, 0.15) is 37.7 Å². The third kappa shape index (κ3) is 2.10. The summed E-state index contributed by atoms with van der Waals surface area (Å²) >= 11 is 0. The van der Waals surface area contributed by atoms with Crippen LogP contribution < -0.4 is 10.5 Å². The Morgan fingerprint density at radius 3 is 2.53 bits per heavy atom. The Bertz CT molecular complexity index is 456. The lowest BCUT2D eigenvalue weighted by Crippen LogP contribution is -2.55. The minimum atomic E-state index is 0.837. The first kappa shape index (κ1) is 12.8. The van der Waals surface area contributed by atoms with E-state index in [-0.39, 0.29) is 0 Å². The summed E-state index contributed by atoms with van der Waals surface area (Å²) < 4.78 is 6.53. The summed E-state index contributed by atoms with van der Waals surface area (Å²) in [5.74, 6) is 0.917. The quantitative estimate of drug-likeness (QED) is 0.670. The molecular weight excluding hydrogens is 236 g/mol. The molecule has 0 radical (unpaired) electrons. The summed E-state index contributed by atoms with van der Waals surface area (Å²) in [7, 11) is 4.15. The van der Waals surface area contributed by atoms with E-state index in [9.17, 15) is 0 Å². The van der Waals surface area contributed by atoms with Crippen molar-refractivity contribution >= 4 is 5.69 Å². The first-order valence-electron chi connectivity index (χ1n) is 7.41. The predicted octanol–water partition coefficient (Wildman–Crippen LogP) is 2.94. The molecule has 19 heavy (non-hydrogen) atoms. The van der Waals surface area contributed by atoms with Crippen LogP contribution >= 0.6 is 0 Å². The topological polar surface area (TPSA) is 35.2 Å². The number of quaternary nitrogens is 1. The fraction of sp³-hybridized carbons (Fsp3) is 0.625. The molecule has 1 aromatic carbocycles. The summed E-state index contributed by atoms with van der Waals surface area (Å²) in [5, 5.41) is 0. The van der Waals surface area contributed by atoms with Gasteiger partial charge in [-0.05, 0) is 37.5 Å². The zero-order valence-corrected chi connectivity index (χ0v) is 12.1. The second-order valence-electron chi connectivity index (χ2n) is 6.39. The van der Waals surface area contributed by atoms with Crippen molar-refractivity contribution in [1.29, 1.82) is 0 Å². The van der Waals surface area contributed by atoms with Crippen molar-refractivity contribution in [2.75, 3.05) is 19.9 Å². The molecule has 2 atom stereocenters. The molecule has 0 spiro atoms. The van der Waals surface area contributed by atoms with Crippen molar-refractivity contribution in [1.82, 2.24) is 0 Å². The van der Waals surface area contributed by atoms with Crippen molar-refractivity contribution in [3.63, 3.8) is 0 Å². The zero-order chi connectivity index (χ0) is 13.5. The van der Waals surface area contributed by atoms with E-state index in [2.05, 4.69) is 13.1 Å². The fourth-order valence-corrected chi connectivity index (χ4v) is 4.21. The number of ether oxygens (including phenoxy) is 1. The number of hydrogen-bond acceptors (Lipinski definition) is 2. The maximum Gasteiger partial charge on any atom is 0.119 e. The molecule has 0 amide bonds. The molecular formula is C16H25N2O+. The van der Waals surface area contributed by atoms with Crippen LogP contribution in [0.5, 0.6) is 5.75 Å². The molecule has 3 rings (SSSR count). The normalized spacial score (nSPS) is 33.4. The van der Waals surface area contributed by atoms with E-state index in [1.165, 1.54) is 42.2 Å². The van der Waals surface area contributed by atoms with Crippen LogP contribution in [0.4, 0.5) is 5.69 Å². The van der Waals surface area contributed by atoms with Crippen LogP contribution in [-0.4, -0.2) is 30.7 Å². The number of nitrogens with zero attached hydrogens (tertiary/aromatic N) is 1. The number of nitrogen functional groups attached to an aromatic ring is 1. The molecule has 3 nitrogen and oxygen atoms in total. The molecule has 3 heteroatoms. The molecule has 2 fully saturated rings. The molecule has 2 aliphatic rings. The van der Waals surface area contributed by atoms with Crippen LogP contribution in [0.25, 0.3) is 0 Å². The molecule has 0 saturated carbocycles. The van der Waals surface area contributed by atoms with E-state index in [1.54, 1.807) is 7.11 Å². The molecule has 0 aliphatic carbocycles. The van der Waals surface area contributed by atoms with Crippen LogP contribution in [0.3, 0.4) is 0 Å². The van der Waals surface area contributed by atoms with E-state index in [0.29, 0.717) is 0 Å². The molecule has 104 valence electrons. The Labute approximate surface area is 115 Å². The minimum absolute atomic E-state index is 0.837. The van der Waals surface area contributed by atoms with Crippen LogP contribution in [-0.2, 0) is 6.54 Å². The van der Waals surface area contributed by atoms with Gasteiger partial charge in [0.25, 0.3) is 0 Å². The highest BCUT2D eigenvalue weighted by atomic mass is 16.5. The monoisotopic (exact) mass is 261 g/mol. The van der Waals surface area contributed by atoms with Crippen molar-refractivity contribution in [3.8, 4) is 5.75 Å². The lowest BCUT2D eigenvalue weighted by atomic mass is 9.98. The molecule has 2 unspecified atom stereocenters. The number of fused-ring (bicyclic) bond motifs is 2. The van der Waals surface area contributed by atoms with Gasteiger partial charge in [-0.2, -0.15) is 0 Å². The number of methoxy groups -OCH3 is 1. The first-order valence-corrected chi connectivity index (χ1v) is 7.41. The maximum atomic E-state index is 6.17. The third-order valence-electron chi connectivity index (χ3n) is 5.44. The summed E-state index contributed by atoms with van der Waals surface area (Å²) in [6, 6.07) is 7.72. The van der Waals surface area contributed by atoms with Gasteiger partial charge in [0.05, 0.1) is 26.2 Å². The molecule has 2 N–H and O–H groups in total. The number of anilines is 1. The van der Waals surface area contributed by atoms with E-state index < -0.39 is 0 Å². The van der Waals surface area contributed by atoms with Crippen molar-refractivity contribution < 1.29 is 9.22 Å². The summed E-state index contributed by atoms with van der Waals surface area (Å²) in [6.45, 7) is 1.05. The van der Waals surface area contributed by atoms with Gasteiger partial charge in [0.15, 0.2) is 0 Å². The number of piperidine rings is 1. The average Bonchev–Trinajstić information content (AvgIpc) is 2.60. The van der Waals surface area contributed by atoms with E-state index in [4.69, 9.17) is 10.5 Å². The van der Waals surface area contributed by atoms with E-state index in [1.807, 2.05) is 12.1 Å². The minimum Gasteiger partial charge on any atom is -0.497 e. The van der Waals surface area contributed by atoms with Crippen molar-refractivity contribution in [3.05, 3.63) is 23.8 Å². The summed E-state index contributed by atoms with van der Waals surface area (Å²) in [6.07, 6.45) is 6.97. The number of benzene rings is 1. The fourth-order valence-electron chi connectivity index (χ4n) is 4.21.